The van der Waals surface area contributed by atoms with Gasteiger partial charge in [0, 0.05) is 16.3 Å². The van der Waals surface area contributed by atoms with E-state index in [-0.39, 0.29) is 26.9 Å². The SMILES string of the molecule is CCOc1ccc(NC(=O)/C(C#N)=C\c2cc(Cl)cc(Cl)c2O)cc1. The number of phenolic OH excluding ortho intramolecular Hbond substituents is 1. The summed E-state index contributed by atoms with van der Waals surface area (Å²) in [6, 6.07) is 11.3. The molecule has 2 rings (SSSR count). The predicted octanol–water partition coefficient (Wildman–Crippen LogP) is 4.64. The molecule has 128 valence electrons. The third-order valence-electron chi connectivity index (χ3n) is 3.15. The van der Waals surface area contributed by atoms with Gasteiger partial charge in [0.05, 0.1) is 11.6 Å². The van der Waals surface area contributed by atoms with Gasteiger partial charge in [-0.25, -0.2) is 0 Å². The van der Waals surface area contributed by atoms with Crippen molar-refractivity contribution >= 4 is 40.9 Å². The molecule has 0 radical (unpaired) electrons. The molecule has 1 amide bonds. The molecule has 0 fully saturated rings. The van der Waals surface area contributed by atoms with Crippen LogP contribution < -0.4 is 10.1 Å². The lowest BCUT2D eigenvalue weighted by Crippen LogP contribution is -2.13. The lowest BCUT2D eigenvalue weighted by Gasteiger charge is -2.07. The zero-order chi connectivity index (χ0) is 18.4. The minimum absolute atomic E-state index is 0.0305. The summed E-state index contributed by atoms with van der Waals surface area (Å²) in [4.78, 5) is 12.3. The largest absolute Gasteiger partial charge is 0.506 e. The molecule has 0 atom stereocenters. The number of hydrogen-bond donors (Lipinski definition) is 2. The molecule has 0 aliphatic carbocycles. The molecule has 0 saturated heterocycles. The second-order valence-corrected chi connectivity index (χ2v) is 5.75. The number of rotatable bonds is 5. The minimum atomic E-state index is -0.623. The van der Waals surface area contributed by atoms with E-state index < -0.39 is 5.91 Å². The summed E-state index contributed by atoms with van der Waals surface area (Å²) in [6.07, 6.45) is 1.22. The van der Waals surface area contributed by atoms with Crippen molar-refractivity contribution in [3.8, 4) is 17.6 Å². The molecule has 0 spiro atoms. The molecule has 25 heavy (non-hydrogen) atoms. The van der Waals surface area contributed by atoms with E-state index in [1.165, 1.54) is 18.2 Å². The van der Waals surface area contributed by atoms with Crippen LogP contribution in [0.25, 0.3) is 6.08 Å². The molecule has 0 aromatic heterocycles. The first kappa shape index (κ1) is 18.7. The number of carbonyl (C=O) groups is 1. The van der Waals surface area contributed by atoms with E-state index in [1.54, 1.807) is 30.3 Å². The van der Waals surface area contributed by atoms with Crippen LogP contribution in [0.5, 0.6) is 11.5 Å². The number of nitrogens with one attached hydrogen (secondary N) is 1. The van der Waals surface area contributed by atoms with Gasteiger partial charge in [0.2, 0.25) is 0 Å². The second kappa shape index (κ2) is 8.43. The van der Waals surface area contributed by atoms with Crippen LogP contribution in [0.1, 0.15) is 12.5 Å². The molecule has 2 aromatic rings. The lowest BCUT2D eigenvalue weighted by molar-refractivity contribution is -0.112. The van der Waals surface area contributed by atoms with Crippen molar-refractivity contribution < 1.29 is 14.6 Å². The number of carbonyl (C=O) groups excluding carboxylic acids is 1. The zero-order valence-electron chi connectivity index (χ0n) is 13.2. The van der Waals surface area contributed by atoms with Gasteiger partial charge in [-0.1, -0.05) is 23.2 Å². The van der Waals surface area contributed by atoms with Gasteiger partial charge in [0.15, 0.2) is 0 Å². The predicted molar refractivity (Wildman–Crippen MR) is 98.0 cm³/mol. The van der Waals surface area contributed by atoms with E-state index in [9.17, 15) is 15.2 Å². The number of hydrogen-bond acceptors (Lipinski definition) is 4. The summed E-state index contributed by atoms with van der Waals surface area (Å²) < 4.78 is 5.32. The summed E-state index contributed by atoms with van der Waals surface area (Å²) in [7, 11) is 0. The summed E-state index contributed by atoms with van der Waals surface area (Å²) in [5, 5.41) is 22.1. The van der Waals surface area contributed by atoms with Crippen LogP contribution in [0.4, 0.5) is 5.69 Å². The van der Waals surface area contributed by atoms with Gasteiger partial charge in [0.1, 0.15) is 23.1 Å². The molecule has 0 bridgehead atoms. The summed E-state index contributed by atoms with van der Waals surface area (Å²) in [5.41, 5.74) is 0.473. The highest BCUT2D eigenvalue weighted by molar-refractivity contribution is 6.36. The molecule has 0 heterocycles. The van der Waals surface area contributed by atoms with Crippen LogP contribution in [0.2, 0.25) is 10.0 Å². The number of aromatic hydroxyl groups is 1. The maximum absolute atomic E-state index is 12.3. The van der Waals surface area contributed by atoms with Crippen LogP contribution >= 0.6 is 23.2 Å². The normalized spacial score (nSPS) is 10.9. The fourth-order valence-electron chi connectivity index (χ4n) is 2.00. The molecule has 5 nitrogen and oxygen atoms in total. The number of amides is 1. The van der Waals surface area contributed by atoms with Gasteiger partial charge in [-0.3, -0.25) is 4.79 Å². The Morgan fingerprint density at radius 1 is 1.32 bits per heavy atom. The third-order valence-corrected chi connectivity index (χ3v) is 3.65. The molecule has 2 aromatic carbocycles. The van der Waals surface area contributed by atoms with Crippen molar-refractivity contribution in [1.29, 1.82) is 5.26 Å². The molecule has 0 saturated carbocycles. The monoisotopic (exact) mass is 376 g/mol. The van der Waals surface area contributed by atoms with E-state index in [0.29, 0.717) is 18.0 Å². The van der Waals surface area contributed by atoms with Gasteiger partial charge in [-0.05, 0) is 49.4 Å². The molecule has 0 aliphatic heterocycles. The smallest absolute Gasteiger partial charge is 0.266 e. The summed E-state index contributed by atoms with van der Waals surface area (Å²) >= 11 is 11.7. The van der Waals surface area contributed by atoms with Crippen LogP contribution in [0.3, 0.4) is 0 Å². The molecule has 0 unspecified atom stereocenters. The Morgan fingerprint density at radius 2 is 2.00 bits per heavy atom. The van der Waals surface area contributed by atoms with Gasteiger partial charge in [-0.2, -0.15) is 5.26 Å². The molecular formula is C18H14Cl2N2O3. The van der Waals surface area contributed by atoms with Crippen molar-refractivity contribution in [2.75, 3.05) is 11.9 Å². The zero-order valence-corrected chi connectivity index (χ0v) is 14.7. The Balaban J connectivity index is 2.23. The van der Waals surface area contributed by atoms with Crippen molar-refractivity contribution in [2.24, 2.45) is 0 Å². The molecular weight excluding hydrogens is 363 g/mol. The van der Waals surface area contributed by atoms with E-state index >= 15 is 0 Å². The van der Waals surface area contributed by atoms with Crippen LogP contribution in [0.15, 0.2) is 42.0 Å². The van der Waals surface area contributed by atoms with Crippen LogP contribution in [-0.2, 0) is 4.79 Å². The van der Waals surface area contributed by atoms with Gasteiger partial charge >= 0.3 is 0 Å². The fraction of sp³-hybridized carbons (Fsp3) is 0.111. The number of anilines is 1. The Bertz CT molecular complexity index is 856. The maximum Gasteiger partial charge on any atom is 0.266 e. The number of ether oxygens (including phenoxy) is 1. The number of benzene rings is 2. The standard InChI is InChI=1S/C18H14Cl2N2O3/c1-2-25-15-5-3-14(4-6-15)22-18(24)12(10-21)7-11-8-13(19)9-16(20)17(11)23/h3-9,23H,2H2,1H3,(H,22,24)/b12-7-. The Hall–Kier alpha value is -2.68. The van der Waals surface area contributed by atoms with E-state index in [2.05, 4.69) is 5.32 Å². The van der Waals surface area contributed by atoms with Crippen molar-refractivity contribution in [3.63, 3.8) is 0 Å². The third kappa shape index (κ3) is 4.90. The van der Waals surface area contributed by atoms with Crippen molar-refractivity contribution in [1.82, 2.24) is 0 Å². The van der Waals surface area contributed by atoms with E-state index in [4.69, 9.17) is 27.9 Å². The van der Waals surface area contributed by atoms with E-state index in [0.717, 1.165) is 0 Å². The van der Waals surface area contributed by atoms with Crippen molar-refractivity contribution in [2.45, 2.75) is 6.92 Å². The average Bonchev–Trinajstić information content (AvgIpc) is 2.58. The number of phenols is 1. The van der Waals surface area contributed by atoms with Gasteiger partial charge < -0.3 is 15.2 Å². The second-order valence-electron chi connectivity index (χ2n) is 4.91. The van der Waals surface area contributed by atoms with Crippen molar-refractivity contribution in [3.05, 3.63) is 57.6 Å². The lowest BCUT2D eigenvalue weighted by atomic mass is 10.1. The van der Waals surface area contributed by atoms with Crippen LogP contribution in [0, 0.1) is 11.3 Å². The number of nitriles is 1. The van der Waals surface area contributed by atoms with Gasteiger partial charge in [0.25, 0.3) is 5.91 Å². The maximum atomic E-state index is 12.3. The first-order valence-corrected chi connectivity index (χ1v) is 8.04. The Labute approximate surface area is 155 Å². The quantitative estimate of drug-likeness (QED) is 0.587. The first-order valence-electron chi connectivity index (χ1n) is 7.28. The average molecular weight is 377 g/mol. The van der Waals surface area contributed by atoms with E-state index in [1.807, 2.05) is 6.92 Å². The Morgan fingerprint density at radius 3 is 2.60 bits per heavy atom. The first-order chi connectivity index (χ1) is 11.9. The highest BCUT2D eigenvalue weighted by Crippen LogP contribution is 2.32. The Kier molecular flexibility index (Phi) is 6.29. The summed E-state index contributed by atoms with van der Waals surface area (Å²) in [6.45, 7) is 2.41. The van der Waals surface area contributed by atoms with Crippen LogP contribution in [-0.4, -0.2) is 17.6 Å². The van der Waals surface area contributed by atoms with Gasteiger partial charge in [-0.15, -0.1) is 0 Å². The highest BCUT2D eigenvalue weighted by Gasteiger charge is 2.13. The molecule has 7 heteroatoms. The highest BCUT2D eigenvalue weighted by atomic mass is 35.5. The number of nitrogens with zero attached hydrogens (tertiary/aromatic N) is 1. The fourth-order valence-corrected chi connectivity index (χ4v) is 2.51. The molecule has 0 aliphatic rings. The molecule has 2 N–H and O–H groups in total. The number of halogens is 2. The minimum Gasteiger partial charge on any atom is -0.506 e. The topological polar surface area (TPSA) is 82.3 Å². The summed E-state index contributed by atoms with van der Waals surface area (Å²) in [5.74, 6) is -0.204.